The van der Waals surface area contributed by atoms with Gasteiger partial charge in [0.1, 0.15) is 0 Å². The van der Waals surface area contributed by atoms with Crippen LogP contribution in [0.25, 0.3) is 0 Å². The van der Waals surface area contributed by atoms with Crippen LogP contribution in [0.5, 0.6) is 0 Å². The third-order valence-electron chi connectivity index (χ3n) is 2.26. The average molecular weight is 240 g/mol. The topological polar surface area (TPSA) is 49.4 Å². The van der Waals surface area contributed by atoms with Crippen LogP contribution in [-0.2, 0) is 4.79 Å². The maximum atomic E-state index is 11.8. The number of thiophene rings is 1. The van der Waals surface area contributed by atoms with E-state index in [9.17, 15) is 9.59 Å². The minimum absolute atomic E-state index is 0.0687. The Morgan fingerprint density at radius 2 is 2.19 bits per heavy atom. The quantitative estimate of drug-likeness (QED) is 0.755. The minimum atomic E-state index is -0.0687. The van der Waals surface area contributed by atoms with Crippen LogP contribution in [-0.4, -0.2) is 43.3 Å². The summed E-state index contributed by atoms with van der Waals surface area (Å²) in [5.41, 5.74) is 0. The van der Waals surface area contributed by atoms with Gasteiger partial charge in [-0.2, -0.15) is 0 Å². The molecule has 1 rings (SSSR count). The fourth-order valence-electron chi connectivity index (χ4n) is 1.28. The molecule has 5 heteroatoms. The minimum Gasteiger partial charge on any atom is -0.358 e. The summed E-state index contributed by atoms with van der Waals surface area (Å²) in [7, 11) is 1.59. The van der Waals surface area contributed by atoms with Crippen LogP contribution < -0.4 is 5.32 Å². The summed E-state index contributed by atoms with van der Waals surface area (Å²) in [5, 5.41) is 4.43. The lowest BCUT2D eigenvalue weighted by atomic mass is 10.3. The first-order valence-corrected chi connectivity index (χ1v) is 6.05. The van der Waals surface area contributed by atoms with Crippen molar-refractivity contribution in [3.8, 4) is 0 Å². The van der Waals surface area contributed by atoms with Crippen LogP contribution in [0.2, 0.25) is 0 Å². The Labute approximate surface area is 99.3 Å². The Bertz CT molecular complexity index is 349. The van der Waals surface area contributed by atoms with E-state index in [2.05, 4.69) is 5.32 Å². The van der Waals surface area contributed by atoms with Crippen LogP contribution in [0.1, 0.15) is 16.6 Å². The second-order valence-corrected chi connectivity index (χ2v) is 4.32. The zero-order valence-corrected chi connectivity index (χ0v) is 10.3. The van der Waals surface area contributed by atoms with Crippen molar-refractivity contribution in [2.45, 2.75) is 6.92 Å². The molecule has 0 fully saturated rings. The summed E-state index contributed by atoms with van der Waals surface area (Å²) in [6.45, 7) is 3.18. The Morgan fingerprint density at radius 1 is 1.44 bits per heavy atom. The predicted molar refractivity (Wildman–Crippen MR) is 64.8 cm³/mol. The maximum Gasteiger partial charge on any atom is 0.233 e. The fourth-order valence-corrected chi connectivity index (χ4v) is 1.94. The van der Waals surface area contributed by atoms with Gasteiger partial charge in [0.05, 0.1) is 18.0 Å². The highest BCUT2D eigenvalue weighted by Crippen LogP contribution is 2.09. The second-order valence-electron chi connectivity index (χ2n) is 3.38. The van der Waals surface area contributed by atoms with Gasteiger partial charge in [0, 0.05) is 7.05 Å². The maximum absolute atomic E-state index is 11.8. The molecule has 0 aliphatic heterocycles. The van der Waals surface area contributed by atoms with Gasteiger partial charge in [-0.1, -0.05) is 13.0 Å². The highest BCUT2D eigenvalue weighted by Gasteiger charge is 2.14. The van der Waals surface area contributed by atoms with Gasteiger partial charge in [0.2, 0.25) is 5.91 Å². The van der Waals surface area contributed by atoms with Gasteiger partial charge in [-0.25, -0.2) is 0 Å². The van der Waals surface area contributed by atoms with Crippen LogP contribution in [0.4, 0.5) is 0 Å². The molecule has 0 radical (unpaired) electrons. The molecule has 16 heavy (non-hydrogen) atoms. The van der Waals surface area contributed by atoms with Crippen LogP contribution >= 0.6 is 11.3 Å². The molecule has 1 aromatic heterocycles. The van der Waals surface area contributed by atoms with Crippen molar-refractivity contribution in [2.24, 2.45) is 0 Å². The van der Waals surface area contributed by atoms with Crippen LogP contribution in [0, 0.1) is 0 Å². The first-order chi connectivity index (χ1) is 7.67. The standard InChI is InChI=1S/C11H16N2O2S/c1-3-13(8-11(15)12-2)7-9(14)10-5-4-6-16-10/h4-6H,3,7-8H2,1-2H3,(H,12,15). The van der Waals surface area contributed by atoms with Crippen molar-refractivity contribution in [1.82, 2.24) is 10.2 Å². The zero-order chi connectivity index (χ0) is 12.0. The van der Waals surface area contributed by atoms with Gasteiger partial charge in [-0.15, -0.1) is 11.3 Å². The number of hydrogen-bond acceptors (Lipinski definition) is 4. The highest BCUT2D eigenvalue weighted by molar-refractivity contribution is 7.12. The zero-order valence-electron chi connectivity index (χ0n) is 9.53. The van der Waals surface area contributed by atoms with Gasteiger partial charge in [0.15, 0.2) is 5.78 Å². The summed E-state index contributed by atoms with van der Waals surface area (Å²) in [6, 6.07) is 3.66. The van der Waals surface area contributed by atoms with Crippen LogP contribution in [0.15, 0.2) is 17.5 Å². The largest absolute Gasteiger partial charge is 0.358 e. The highest BCUT2D eigenvalue weighted by atomic mass is 32.1. The SMILES string of the molecule is CCN(CC(=O)NC)CC(=O)c1cccs1. The van der Waals surface area contributed by atoms with E-state index in [4.69, 9.17) is 0 Å². The number of carbonyl (C=O) groups is 2. The lowest BCUT2D eigenvalue weighted by Gasteiger charge is -2.17. The number of likely N-dealkylation sites (N-methyl/N-ethyl adjacent to an activating group) is 2. The molecule has 4 nitrogen and oxygen atoms in total. The van der Waals surface area contributed by atoms with E-state index < -0.39 is 0 Å². The molecule has 1 N–H and O–H groups in total. The normalized spacial score (nSPS) is 10.4. The number of nitrogens with one attached hydrogen (secondary N) is 1. The van der Waals surface area contributed by atoms with Gasteiger partial charge < -0.3 is 5.32 Å². The summed E-state index contributed by atoms with van der Waals surface area (Å²) in [5.74, 6) is 0.00147. The van der Waals surface area contributed by atoms with E-state index in [1.54, 1.807) is 13.1 Å². The molecule has 0 saturated heterocycles. The fraction of sp³-hybridized carbons (Fsp3) is 0.455. The van der Waals surface area contributed by atoms with E-state index in [1.165, 1.54) is 11.3 Å². The van der Waals surface area contributed by atoms with E-state index in [0.717, 1.165) is 4.88 Å². The van der Waals surface area contributed by atoms with Gasteiger partial charge in [0.25, 0.3) is 0 Å². The molecule has 0 aliphatic carbocycles. The molecule has 1 aromatic rings. The number of hydrogen-bond donors (Lipinski definition) is 1. The number of carbonyl (C=O) groups excluding carboxylic acids is 2. The smallest absolute Gasteiger partial charge is 0.233 e. The Kier molecular flexibility index (Phi) is 5.14. The number of Topliss-reactive ketones (excluding diaryl/α,β-unsaturated/α-hetero) is 1. The number of amides is 1. The van der Waals surface area contributed by atoms with Gasteiger partial charge in [-0.05, 0) is 18.0 Å². The van der Waals surface area contributed by atoms with Crippen molar-refractivity contribution in [3.05, 3.63) is 22.4 Å². The Morgan fingerprint density at radius 3 is 2.69 bits per heavy atom. The summed E-state index contributed by atoms with van der Waals surface area (Å²) >= 11 is 1.43. The molecule has 0 atom stereocenters. The summed E-state index contributed by atoms with van der Waals surface area (Å²) < 4.78 is 0. The molecule has 0 aromatic carbocycles. The first-order valence-electron chi connectivity index (χ1n) is 5.17. The molecule has 0 bridgehead atoms. The van der Waals surface area contributed by atoms with E-state index >= 15 is 0 Å². The van der Waals surface area contributed by atoms with E-state index in [0.29, 0.717) is 13.1 Å². The molecule has 0 spiro atoms. The van der Waals surface area contributed by atoms with Crippen molar-refractivity contribution in [3.63, 3.8) is 0 Å². The molecule has 0 aliphatic rings. The first kappa shape index (κ1) is 12.9. The van der Waals surface area contributed by atoms with Gasteiger partial charge >= 0.3 is 0 Å². The third-order valence-corrected chi connectivity index (χ3v) is 3.17. The lowest BCUT2D eigenvalue weighted by molar-refractivity contribution is -0.121. The molecule has 1 amide bonds. The lowest BCUT2D eigenvalue weighted by Crippen LogP contribution is -2.38. The number of rotatable bonds is 6. The van der Waals surface area contributed by atoms with Crippen molar-refractivity contribution in [1.29, 1.82) is 0 Å². The molecular formula is C11H16N2O2S. The van der Waals surface area contributed by atoms with Crippen molar-refractivity contribution >= 4 is 23.0 Å². The summed E-state index contributed by atoms with van der Waals surface area (Å²) in [4.78, 5) is 25.5. The molecule has 0 unspecified atom stereocenters. The van der Waals surface area contributed by atoms with E-state index in [1.807, 2.05) is 23.3 Å². The average Bonchev–Trinajstić information content (AvgIpc) is 2.81. The summed E-state index contributed by atoms with van der Waals surface area (Å²) in [6.07, 6.45) is 0. The molecule has 88 valence electrons. The molecular weight excluding hydrogens is 224 g/mol. The van der Waals surface area contributed by atoms with E-state index in [-0.39, 0.29) is 18.2 Å². The van der Waals surface area contributed by atoms with Gasteiger partial charge in [-0.3, -0.25) is 14.5 Å². The number of ketones is 1. The second kappa shape index (κ2) is 6.40. The predicted octanol–water partition coefficient (Wildman–Crippen LogP) is 0.999. The monoisotopic (exact) mass is 240 g/mol. The molecule has 0 saturated carbocycles. The Hall–Kier alpha value is -1.20. The number of nitrogens with zero attached hydrogens (tertiary/aromatic N) is 1. The van der Waals surface area contributed by atoms with Crippen molar-refractivity contribution in [2.75, 3.05) is 26.7 Å². The third kappa shape index (κ3) is 3.75. The van der Waals surface area contributed by atoms with Crippen molar-refractivity contribution < 1.29 is 9.59 Å². The Balaban J connectivity index is 2.50. The molecule has 1 heterocycles. The van der Waals surface area contributed by atoms with Crippen LogP contribution in [0.3, 0.4) is 0 Å².